The van der Waals surface area contributed by atoms with Crippen LogP contribution >= 0.6 is 23.8 Å². The second kappa shape index (κ2) is 6.74. The van der Waals surface area contributed by atoms with E-state index in [9.17, 15) is 0 Å². The quantitative estimate of drug-likeness (QED) is 0.628. The summed E-state index contributed by atoms with van der Waals surface area (Å²) in [6.45, 7) is 6.52. The van der Waals surface area contributed by atoms with Crippen molar-refractivity contribution in [2.24, 2.45) is 0 Å². The van der Waals surface area contributed by atoms with Gasteiger partial charge < -0.3 is 14.5 Å². The molecule has 0 saturated heterocycles. The number of aryl methyl sites for hydroxylation is 1. The van der Waals surface area contributed by atoms with Crippen LogP contribution in [-0.2, 0) is 6.54 Å². The Kier molecular flexibility index (Phi) is 5.24. The van der Waals surface area contributed by atoms with Crippen molar-refractivity contribution in [3.8, 4) is 0 Å². The van der Waals surface area contributed by atoms with Gasteiger partial charge in [-0.25, -0.2) is 0 Å². The van der Waals surface area contributed by atoms with Gasteiger partial charge in [-0.2, -0.15) is 0 Å². The largest absolute Gasteiger partial charge is 0.331 e. The van der Waals surface area contributed by atoms with Gasteiger partial charge in [0.25, 0.3) is 0 Å². The summed E-state index contributed by atoms with van der Waals surface area (Å²) in [6.07, 6.45) is 2.30. The average molecular weight is 312 g/mol. The molecule has 5 heteroatoms. The Hall–Kier alpha value is -0.840. The highest BCUT2D eigenvalue weighted by Gasteiger charge is 2.06. The van der Waals surface area contributed by atoms with Gasteiger partial charge in [-0.3, -0.25) is 0 Å². The zero-order chi connectivity index (χ0) is 14.7. The molecule has 0 atom stereocenters. The summed E-state index contributed by atoms with van der Waals surface area (Å²) < 4.78 is 2.94. The predicted octanol–water partition coefficient (Wildman–Crippen LogP) is 4.47. The molecule has 0 aliphatic heterocycles. The number of H-pyrrole nitrogens is 1. The summed E-state index contributed by atoms with van der Waals surface area (Å²) in [7, 11) is 2.17. The minimum atomic E-state index is 0.604. The molecule has 0 saturated carbocycles. The van der Waals surface area contributed by atoms with E-state index in [2.05, 4.69) is 35.3 Å². The lowest BCUT2D eigenvalue weighted by Gasteiger charge is -2.20. The molecule has 1 N–H and O–H groups in total. The number of aromatic amines is 1. The Morgan fingerprint density at radius 1 is 1.35 bits per heavy atom. The van der Waals surface area contributed by atoms with E-state index in [1.165, 1.54) is 6.42 Å². The molecule has 0 radical (unpaired) electrons. The van der Waals surface area contributed by atoms with Crippen molar-refractivity contribution < 1.29 is 0 Å². The Morgan fingerprint density at radius 2 is 2.10 bits per heavy atom. The smallest absolute Gasteiger partial charge is 0.178 e. The molecular weight excluding hydrogens is 290 g/mol. The first-order valence-electron chi connectivity index (χ1n) is 7.07. The van der Waals surface area contributed by atoms with E-state index < -0.39 is 0 Å². The number of hydrogen-bond donors (Lipinski definition) is 1. The topological polar surface area (TPSA) is 24.0 Å². The summed E-state index contributed by atoms with van der Waals surface area (Å²) >= 11 is 11.4. The van der Waals surface area contributed by atoms with Crippen LogP contribution in [0.1, 0.15) is 26.7 Å². The number of aromatic nitrogens is 2. The Bertz CT molecular complexity index is 630. The lowest BCUT2D eigenvalue weighted by molar-refractivity contribution is 0.266. The zero-order valence-corrected chi connectivity index (χ0v) is 13.9. The molecule has 0 fully saturated rings. The number of rotatable bonds is 6. The number of halogens is 1. The molecule has 3 nitrogen and oxygen atoms in total. The fraction of sp³-hybridized carbons (Fsp3) is 0.533. The highest BCUT2D eigenvalue weighted by molar-refractivity contribution is 7.71. The summed E-state index contributed by atoms with van der Waals surface area (Å²) in [5.41, 5.74) is 2.15. The number of hydrogen-bond acceptors (Lipinski definition) is 2. The molecular formula is C15H22ClN3S. The third kappa shape index (κ3) is 3.62. The van der Waals surface area contributed by atoms with Crippen molar-refractivity contribution in [3.05, 3.63) is 28.0 Å². The minimum Gasteiger partial charge on any atom is -0.331 e. The molecule has 1 aromatic heterocycles. The standard InChI is InChI=1S/C15H22ClN3S/c1-11(2)18(3)8-4-5-9-19-14-7-6-12(16)10-13(14)17-15(19)20/h6-7,10-11H,4-5,8-9H2,1-3H3,(H,17,20). The second-order valence-corrected chi connectivity index (χ2v) is 6.35. The summed E-state index contributed by atoms with van der Waals surface area (Å²) in [6, 6.07) is 6.47. The maximum atomic E-state index is 6.00. The monoisotopic (exact) mass is 311 g/mol. The van der Waals surface area contributed by atoms with Crippen molar-refractivity contribution >= 4 is 34.9 Å². The van der Waals surface area contributed by atoms with E-state index >= 15 is 0 Å². The highest BCUT2D eigenvalue weighted by atomic mass is 35.5. The summed E-state index contributed by atoms with van der Waals surface area (Å²) in [5, 5.41) is 0.736. The number of benzene rings is 1. The number of fused-ring (bicyclic) bond motifs is 1. The first-order chi connectivity index (χ1) is 9.49. The summed E-state index contributed by atoms with van der Waals surface area (Å²) in [4.78, 5) is 5.59. The van der Waals surface area contributed by atoms with Crippen LogP contribution in [0.5, 0.6) is 0 Å². The molecule has 2 aromatic rings. The number of imidazole rings is 1. The van der Waals surface area contributed by atoms with Gasteiger partial charge in [0.05, 0.1) is 11.0 Å². The van der Waals surface area contributed by atoms with Crippen molar-refractivity contribution in [3.63, 3.8) is 0 Å². The fourth-order valence-electron chi connectivity index (χ4n) is 2.25. The molecule has 0 bridgehead atoms. The molecule has 0 amide bonds. The maximum absolute atomic E-state index is 6.00. The molecule has 20 heavy (non-hydrogen) atoms. The van der Waals surface area contributed by atoms with E-state index in [-0.39, 0.29) is 0 Å². The number of nitrogens with one attached hydrogen (secondary N) is 1. The van der Waals surface area contributed by atoms with Gasteiger partial charge in [0.15, 0.2) is 4.77 Å². The van der Waals surface area contributed by atoms with Crippen LogP contribution in [0, 0.1) is 4.77 Å². The molecule has 1 aromatic carbocycles. The van der Waals surface area contributed by atoms with Crippen LogP contribution in [0.15, 0.2) is 18.2 Å². The first-order valence-corrected chi connectivity index (χ1v) is 7.86. The molecule has 1 heterocycles. The maximum Gasteiger partial charge on any atom is 0.178 e. The normalized spacial score (nSPS) is 11.9. The van der Waals surface area contributed by atoms with Gasteiger partial charge in [0.2, 0.25) is 0 Å². The van der Waals surface area contributed by atoms with Crippen molar-refractivity contribution in [1.82, 2.24) is 14.5 Å². The first kappa shape index (κ1) is 15.5. The summed E-state index contributed by atoms with van der Waals surface area (Å²) in [5.74, 6) is 0. The van der Waals surface area contributed by atoms with E-state index in [0.29, 0.717) is 6.04 Å². The second-order valence-electron chi connectivity index (χ2n) is 5.52. The SMILES string of the molecule is CC(C)N(C)CCCCn1c(=S)[nH]c2cc(Cl)ccc21. The van der Waals surface area contributed by atoms with Crippen molar-refractivity contribution in [1.29, 1.82) is 0 Å². The van der Waals surface area contributed by atoms with Gasteiger partial charge in [-0.1, -0.05) is 11.6 Å². The van der Waals surface area contributed by atoms with Crippen LogP contribution in [-0.4, -0.2) is 34.1 Å². The molecule has 0 spiro atoms. The Labute approximate surface area is 130 Å². The molecule has 110 valence electrons. The fourth-order valence-corrected chi connectivity index (χ4v) is 2.72. The minimum absolute atomic E-state index is 0.604. The van der Waals surface area contributed by atoms with E-state index in [0.717, 1.165) is 40.3 Å². The molecule has 0 aliphatic rings. The van der Waals surface area contributed by atoms with E-state index in [4.69, 9.17) is 23.8 Å². The van der Waals surface area contributed by atoms with Crippen molar-refractivity contribution in [2.45, 2.75) is 39.3 Å². The van der Waals surface area contributed by atoms with Crippen LogP contribution in [0.3, 0.4) is 0 Å². The van der Waals surface area contributed by atoms with Crippen LogP contribution < -0.4 is 0 Å². The van der Waals surface area contributed by atoms with Gasteiger partial charge in [-0.05, 0) is 70.7 Å². The van der Waals surface area contributed by atoms with Crippen LogP contribution in [0.25, 0.3) is 11.0 Å². The van der Waals surface area contributed by atoms with Gasteiger partial charge in [-0.15, -0.1) is 0 Å². The lowest BCUT2D eigenvalue weighted by Crippen LogP contribution is -2.27. The molecule has 0 aliphatic carbocycles. The van der Waals surface area contributed by atoms with E-state index in [1.807, 2.05) is 18.2 Å². The Balaban J connectivity index is 2.00. The van der Waals surface area contributed by atoms with Gasteiger partial charge in [0, 0.05) is 17.6 Å². The zero-order valence-electron chi connectivity index (χ0n) is 12.3. The van der Waals surface area contributed by atoms with Gasteiger partial charge in [0.1, 0.15) is 0 Å². The van der Waals surface area contributed by atoms with Crippen molar-refractivity contribution in [2.75, 3.05) is 13.6 Å². The lowest BCUT2D eigenvalue weighted by atomic mass is 10.2. The van der Waals surface area contributed by atoms with E-state index in [1.54, 1.807) is 0 Å². The third-order valence-corrected chi connectivity index (χ3v) is 4.32. The molecule has 0 unspecified atom stereocenters. The predicted molar refractivity (Wildman–Crippen MR) is 89.1 cm³/mol. The number of nitrogens with zero attached hydrogens (tertiary/aromatic N) is 2. The Morgan fingerprint density at radius 3 is 2.80 bits per heavy atom. The number of unbranched alkanes of at least 4 members (excludes halogenated alkanes) is 1. The van der Waals surface area contributed by atoms with Crippen LogP contribution in [0.2, 0.25) is 5.02 Å². The average Bonchev–Trinajstić information content (AvgIpc) is 2.69. The van der Waals surface area contributed by atoms with Crippen LogP contribution in [0.4, 0.5) is 0 Å². The molecule has 2 rings (SSSR count). The third-order valence-electron chi connectivity index (χ3n) is 3.76. The van der Waals surface area contributed by atoms with Gasteiger partial charge >= 0.3 is 0 Å². The highest BCUT2D eigenvalue weighted by Crippen LogP contribution is 2.19.